The lowest BCUT2D eigenvalue weighted by Gasteiger charge is -2.21. The van der Waals surface area contributed by atoms with Crippen molar-refractivity contribution >= 4 is 43.8 Å². The summed E-state index contributed by atoms with van der Waals surface area (Å²) in [4.78, 5) is 22.9. The van der Waals surface area contributed by atoms with E-state index in [9.17, 15) is 23.3 Å². The van der Waals surface area contributed by atoms with Gasteiger partial charge in [-0.1, -0.05) is 58.4 Å². The van der Waals surface area contributed by atoms with Crippen LogP contribution in [0.25, 0.3) is 0 Å². The van der Waals surface area contributed by atoms with Gasteiger partial charge in [0.25, 0.3) is 11.6 Å². The van der Waals surface area contributed by atoms with Gasteiger partial charge < -0.3 is 0 Å². The Kier molecular flexibility index (Phi) is 8.63. The molecule has 0 saturated heterocycles. The number of nitrogens with zero attached hydrogens (tertiary/aromatic N) is 3. The second-order valence-electron chi connectivity index (χ2n) is 7.17. The molecule has 3 aromatic rings. The third-order valence-electron chi connectivity index (χ3n) is 4.75. The lowest BCUT2D eigenvalue weighted by atomic mass is 10.1. The monoisotopic (exact) mass is 544 g/mol. The van der Waals surface area contributed by atoms with E-state index in [1.54, 1.807) is 18.2 Å². The van der Waals surface area contributed by atoms with Crippen LogP contribution >= 0.6 is 15.9 Å². The topological polar surface area (TPSA) is 122 Å². The Morgan fingerprint density at radius 3 is 2.44 bits per heavy atom. The summed E-state index contributed by atoms with van der Waals surface area (Å²) in [5.41, 5.74) is 3.53. The van der Waals surface area contributed by atoms with Crippen molar-refractivity contribution in [2.75, 3.05) is 13.1 Å². The number of nitro groups is 1. The normalized spacial score (nSPS) is 11.6. The maximum Gasteiger partial charge on any atom is 0.270 e. The van der Waals surface area contributed by atoms with Gasteiger partial charge in [-0.2, -0.15) is 9.41 Å². The Bertz CT molecular complexity index is 1280. The molecule has 1 amide bonds. The highest BCUT2D eigenvalue weighted by Gasteiger charge is 2.26. The molecule has 0 unspecified atom stereocenters. The van der Waals surface area contributed by atoms with Crippen LogP contribution in [0, 0.1) is 10.1 Å². The average molecular weight is 545 g/mol. The van der Waals surface area contributed by atoms with Crippen molar-refractivity contribution in [1.29, 1.82) is 0 Å². The molecule has 1 N–H and O–H groups in total. The van der Waals surface area contributed by atoms with Crippen molar-refractivity contribution in [3.63, 3.8) is 0 Å². The quantitative estimate of drug-likeness (QED) is 0.236. The van der Waals surface area contributed by atoms with E-state index in [1.807, 2.05) is 30.3 Å². The molecule has 3 aromatic carbocycles. The van der Waals surface area contributed by atoms with Crippen molar-refractivity contribution in [1.82, 2.24) is 9.73 Å². The number of non-ortho nitro benzene ring substituents is 1. The summed E-state index contributed by atoms with van der Waals surface area (Å²) in [6, 6.07) is 21.3. The first-order valence-corrected chi connectivity index (χ1v) is 12.3. The van der Waals surface area contributed by atoms with E-state index >= 15 is 0 Å². The molecule has 11 heteroatoms. The molecular weight excluding hydrogens is 524 g/mol. The lowest BCUT2D eigenvalue weighted by Crippen LogP contribution is -2.40. The van der Waals surface area contributed by atoms with Crippen LogP contribution in [0.5, 0.6) is 0 Å². The highest BCUT2D eigenvalue weighted by molar-refractivity contribution is 9.10. The third kappa shape index (κ3) is 7.04. The minimum absolute atomic E-state index is 0.0664. The van der Waals surface area contributed by atoms with Gasteiger partial charge in [-0.05, 0) is 36.2 Å². The van der Waals surface area contributed by atoms with E-state index in [4.69, 9.17) is 0 Å². The third-order valence-corrected chi connectivity index (χ3v) is 7.14. The summed E-state index contributed by atoms with van der Waals surface area (Å²) in [7, 11) is -3.95. The predicted molar refractivity (Wildman–Crippen MR) is 132 cm³/mol. The SMILES string of the molecule is O=C(CN(CCc1ccccc1)S(=O)(=O)c1ccc(Br)cc1)N/N=C\c1cccc([N+](=O)[O-])c1. The van der Waals surface area contributed by atoms with Crippen LogP contribution in [0.15, 0.2) is 93.3 Å². The molecule has 0 radical (unpaired) electrons. The van der Waals surface area contributed by atoms with E-state index in [0.29, 0.717) is 12.0 Å². The number of rotatable bonds is 10. The van der Waals surface area contributed by atoms with Gasteiger partial charge in [0.2, 0.25) is 10.0 Å². The van der Waals surface area contributed by atoms with Crippen LogP contribution in [0.3, 0.4) is 0 Å². The van der Waals surface area contributed by atoms with E-state index in [2.05, 4.69) is 26.5 Å². The molecule has 0 aliphatic carbocycles. The molecule has 0 saturated carbocycles. The minimum Gasteiger partial charge on any atom is -0.272 e. The van der Waals surface area contributed by atoms with Gasteiger partial charge in [0, 0.05) is 28.7 Å². The Morgan fingerprint density at radius 1 is 1.06 bits per heavy atom. The van der Waals surface area contributed by atoms with Gasteiger partial charge in [-0.25, -0.2) is 13.8 Å². The van der Waals surface area contributed by atoms with Crippen LogP contribution in [0.2, 0.25) is 0 Å². The van der Waals surface area contributed by atoms with Crippen molar-refractivity contribution in [2.45, 2.75) is 11.3 Å². The molecule has 0 atom stereocenters. The van der Waals surface area contributed by atoms with E-state index < -0.39 is 27.4 Å². The number of benzene rings is 3. The fourth-order valence-electron chi connectivity index (χ4n) is 3.03. The van der Waals surface area contributed by atoms with Crippen molar-refractivity contribution in [2.24, 2.45) is 5.10 Å². The molecule has 0 aromatic heterocycles. The fourth-order valence-corrected chi connectivity index (χ4v) is 4.69. The zero-order valence-electron chi connectivity index (χ0n) is 17.9. The van der Waals surface area contributed by atoms with Gasteiger partial charge in [0.15, 0.2) is 0 Å². The zero-order chi connectivity index (χ0) is 24.6. The number of hydrogen-bond donors (Lipinski definition) is 1. The molecule has 3 rings (SSSR count). The summed E-state index contributed by atoms with van der Waals surface area (Å²) >= 11 is 3.29. The minimum atomic E-state index is -3.95. The van der Waals surface area contributed by atoms with E-state index in [1.165, 1.54) is 36.5 Å². The first kappa shape index (κ1) is 25.2. The van der Waals surface area contributed by atoms with E-state index in [0.717, 1.165) is 14.3 Å². The first-order valence-electron chi connectivity index (χ1n) is 10.1. The summed E-state index contributed by atoms with van der Waals surface area (Å²) in [6.45, 7) is -0.359. The fraction of sp³-hybridized carbons (Fsp3) is 0.130. The number of carbonyl (C=O) groups excluding carboxylic acids is 1. The molecule has 0 aliphatic heterocycles. The lowest BCUT2D eigenvalue weighted by molar-refractivity contribution is -0.384. The largest absolute Gasteiger partial charge is 0.272 e. The van der Waals surface area contributed by atoms with Crippen molar-refractivity contribution < 1.29 is 18.1 Å². The van der Waals surface area contributed by atoms with Crippen molar-refractivity contribution in [3.8, 4) is 0 Å². The maximum absolute atomic E-state index is 13.2. The standard InChI is InChI=1S/C23H21BrN4O5S/c24-20-9-11-22(12-10-20)34(32,33)27(14-13-18-5-2-1-3-6-18)17-23(29)26-25-16-19-7-4-8-21(15-19)28(30)31/h1-12,15-16H,13-14,17H2,(H,26,29)/b25-16-. The number of carbonyl (C=O) groups is 1. The molecule has 0 fully saturated rings. The Morgan fingerprint density at radius 2 is 1.76 bits per heavy atom. The molecule has 176 valence electrons. The number of nitro benzene ring substituents is 1. The summed E-state index contributed by atoms with van der Waals surface area (Å²) in [6.07, 6.45) is 1.67. The summed E-state index contributed by atoms with van der Waals surface area (Å²) in [5, 5.41) is 14.7. The van der Waals surface area contributed by atoms with Crippen LogP contribution in [-0.2, 0) is 21.2 Å². The zero-order valence-corrected chi connectivity index (χ0v) is 20.3. The predicted octanol–water partition coefficient (Wildman–Crippen LogP) is 3.74. The Balaban J connectivity index is 1.73. The van der Waals surface area contributed by atoms with Gasteiger partial charge >= 0.3 is 0 Å². The molecule has 9 nitrogen and oxygen atoms in total. The van der Waals surface area contributed by atoms with Gasteiger partial charge in [0.05, 0.1) is 22.6 Å². The van der Waals surface area contributed by atoms with Crippen molar-refractivity contribution in [3.05, 3.63) is 105 Å². The number of halogens is 1. The smallest absolute Gasteiger partial charge is 0.270 e. The molecule has 0 spiro atoms. The Labute approximate surface area is 205 Å². The average Bonchev–Trinajstić information content (AvgIpc) is 2.82. The second-order valence-corrected chi connectivity index (χ2v) is 10.0. The highest BCUT2D eigenvalue weighted by Crippen LogP contribution is 2.19. The van der Waals surface area contributed by atoms with Gasteiger partial charge in [-0.3, -0.25) is 14.9 Å². The number of sulfonamides is 1. The Hall–Kier alpha value is -3.41. The first-order chi connectivity index (χ1) is 16.3. The number of amides is 1. The van der Waals surface area contributed by atoms with Gasteiger partial charge in [0.1, 0.15) is 0 Å². The molecule has 34 heavy (non-hydrogen) atoms. The number of hydrogen-bond acceptors (Lipinski definition) is 6. The number of nitrogens with one attached hydrogen (secondary N) is 1. The summed E-state index contributed by atoms with van der Waals surface area (Å²) < 4.78 is 28.3. The highest BCUT2D eigenvalue weighted by atomic mass is 79.9. The van der Waals surface area contributed by atoms with Crippen LogP contribution in [0.1, 0.15) is 11.1 Å². The molecule has 0 heterocycles. The number of hydrazone groups is 1. The van der Waals surface area contributed by atoms with Crippen LogP contribution in [0.4, 0.5) is 5.69 Å². The maximum atomic E-state index is 13.2. The van der Waals surface area contributed by atoms with Gasteiger partial charge in [-0.15, -0.1) is 0 Å². The second kappa shape index (κ2) is 11.6. The molecule has 0 aliphatic rings. The van der Waals surface area contributed by atoms with Crippen LogP contribution in [-0.4, -0.2) is 42.9 Å². The molecule has 0 bridgehead atoms. The van der Waals surface area contributed by atoms with E-state index in [-0.39, 0.29) is 17.1 Å². The summed E-state index contributed by atoms with van der Waals surface area (Å²) in [5.74, 6) is -0.643. The van der Waals surface area contributed by atoms with Crippen LogP contribution < -0.4 is 5.43 Å². The molecular formula is C23H21BrN4O5S.